The van der Waals surface area contributed by atoms with E-state index in [1.807, 2.05) is 13.8 Å². The Balaban J connectivity index is 1.48. The van der Waals surface area contributed by atoms with E-state index in [4.69, 9.17) is 14.2 Å². The molecule has 2 heterocycles. The van der Waals surface area contributed by atoms with Crippen molar-refractivity contribution >= 4 is 0 Å². The van der Waals surface area contributed by atoms with E-state index < -0.39 is 95.6 Å². The molecule has 0 aromatic rings. The fraction of sp³-hybridized carbons (Fsp3) is 0.923. The van der Waals surface area contributed by atoms with Gasteiger partial charge >= 0.3 is 0 Å². The highest BCUT2D eigenvalue weighted by Gasteiger charge is 2.84. The number of aliphatic hydroxyl groups excluding tert-OH is 7. The van der Waals surface area contributed by atoms with Crippen LogP contribution in [0, 0.1) is 34.0 Å². The molecule has 0 aromatic heterocycles. The van der Waals surface area contributed by atoms with Crippen LogP contribution in [0.1, 0.15) is 39.5 Å². The fourth-order valence-corrected chi connectivity index (χ4v) is 9.68. The highest BCUT2D eigenvalue weighted by molar-refractivity contribution is 5.35. The van der Waals surface area contributed by atoms with E-state index in [0.717, 1.165) is 0 Å². The van der Waals surface area contributed by atoms with Gasteiger partial charge in [0.15, 0.2) is 12.1 Å². The van der Waals surface area contributed by atoms with Gasteiger partial charge in [-0.2, -0.15) is 0 Å². The Hall–Kier alpha value is -0.700. The van der Waals surface area contributed by atoms with Crippen LogP contribution in [0.3, 0.4) is 0 Å². The molecule has 6 rings (SSSR count). The Bertz CT molecular complexity index is 957. The molecule has 8 N–H and O–H groups in total. The van der Waals surface area contributed by atoms with Crippen LogP contribution in [0.25, 0.3) is 0 Å². The van der Waals surface area contributed by atoms with Gasteiger partial charge in [-0.1, -0.05) is 20.4 Å². The molecule has 11 nitrogen and oxygen atoms in total. The first-order valence-electron chi connectivity index (χ1n) is 13.3. The van der Waals surface area contributed by atoms with Crippen molar-refractivity contribution in [2.45, 2.75) is 100 Å². The first kappa shape index (κ1) is 26.5. The first-order valence-corrected chi connectivity index (χ1v) is 13.3. The van der Waals surface area contributed by atoms with Crippen molar-refractivity contribution in [2.75, 3.05) is 13.2 Å². The second-order valence-electron chi connectivity index (χ2n) is 13.1. The predicted octanol–water partition coefficient (Wildman–Crippen LogP) is -2.01. The van der Waals surface area contributed by atoms with Gasteiger partial charge < -0.3 is 55.1 Å². The average molecular weight is 529 g/mol. The second kappa shape index (κ2) is 8.17. The van der Waals surface area contributed by atoms with Crippen molar-refractivity contribution in [3.05, 3.63) is 12.2 Å². The number of fused-ring (bicyclic) bond motifs is 1. The third-order valence-corrected chi connectivity index (χ3v) is 11.1. The lowest BCUT2D eigenvalue weighted by Gasteiger charge is -2.68. The minimum atomic E-state index is -2.00. The molecule has 6 fully saturated rings. The second-order valence-corrected chi connectivity index (χ2v) is 13.1. The lowest BCUT2D eigenvalue weighted by molar-refractivity contribution is -0.371. The van der Waals surface area contributed by atoms with Gasteiger partial charge in [0, 0.05) is 22.7 Å². The maximum Gasteiger partial charge on any atom is 0.196 e. The Labute approximate surface area is 215 Å². The molecule has 0 aromatic carbocycles. The summed E-state index contributed by atoms with van der Waals surface area (Å²) in [7, 11) is 0. The Morgan fingerprint density at radius 1 is 1.03 bits per heavy atom. The van der Waals surface area contributed by atoms with Gasteiger partial charge in [-0.05, 0) is 42.6 Å². The minimum absolute atomic E-state index is 0.0549. The highest BCUT2D eigenvalue weighted by Crippen LogP contribution is 2.77. The van der Waals surface area contributed by atoms with Gasteiger partial charge in [0.1, 0.15) is 30.5 Å². The van der Waals surface area contributed by atoms with Crippen LogP contribution in [0.4, 0.5) is 0 Å². The number of rotatable bonds is 3. The molecular formula is C26H40O11. The third kappa shape index (κ3) is 3.05. The van der Waals surface area contributed by atoms with Crippen LogP contribution in [0.2, 0.25) is 0 Å². The molecular weight excluding hydrogens is 488 g/mol. The summed E-state index contributed by atoms with van der Waals surface area (Å²) in [6, 6.07) is 0. The first-order chi connectivity index (χ1) is 17.3. The van der Waals surface area contributed by atoms with Gasteiger partial charge in [0.05, 0.1) is 31.5 Å². The van der Waals surface area contributed by atoms with Crippen molar-refractivity contribution in [1.82, 2.24) is 0 Å². The van der Waals surface area contributed by atoms with Crippen LogP contribution in [-0.2, 0) is 14.2 Å². The molecule has 0 amide bonds. The van der Waals surface area contributed by atoms with Crippen molar-refractivity contribution in [3.8, 4) is 0 Å². The van der Waals surface area contributed by atoms with Crippen LogP contribution in [-0.4, -0.2) is 115 Å². The molecule has 37 heavy (non-hydrogen) atoms. The molecule has 2 aliphatic heterocycles. The van der Waals surface area contributed by atoms with Gasteiger partial charge in [-0.3, -0.25) is 0 Å². The maximum absolute atomic E-state index is 12.0. The molecule has 11 heteroatoms. The Kier molecular flexibility index (Phi) is 5.86. The third-order valence-electron chi connectivity index (χ3n) is 11.1. The van der Waals surface area contributed by atoms with E-state index in [-0.39, 0.29) is 12.5 Å². The number of hydrogen-bond donors (Lipinski definition) is 8. The van der Waals surface area contributed by atoms with Crippen molar-refractivity contribution in [1.29, 1.82) is 0 Å². The maximum atomic E-state index is 12.0. The molecule has 15 unspecified atom stereocenters. The van der Waals surface area contributed by atoms with Gasteiger partial charge in [0.2, 0.25) is 0 Å². The Morgan fingerprint density at radius 3 is 2.41 bits per heavy atom. The topological polar surface area (TPSA) is 190 Å². The number of hydrogen-bond acceptors (Lipinski definition) is 11. The molecule has 4 saturated carbocycles. The number of aliphatic hydroxyl groups is 8. The van der Waals surface area contributed by atoms with Crippen LogP contribution >= 0.6 is 0 Å². The van der Waals surface area contributed by atoms with Crippen molar-refractivity contribution in [2.24, 2.45) is 34.0 Å². The molecule has 6 aliphatic rings. The highest BCUT2D eigenvalue weighted by atomic mass is 16.7. The monoisotopic (exact) mass is 528 g/mol. The van der Waals surface area contributed by atoms with Gasteiger partial charge in [0.25, 0.3) is 0 Å². The van der Waals surface area contributed by atoms with Crippen molar-refractivity contribution < 1.29 is 55.1 Å². The van der Waals surface area contributed by atoms with Crippen LogP contribution < -0.4 is 0 Å². The molecule has 4 aliphatic carbocycles. The van der Waals surface area contributed by atoms with E-state index in [1.165, 1.54) is 0 Å². The SMILES string of the molecule is C=C1C2CC(OC3OC(CO)C(O)C(O)C3O)C3C(C2)(C1O)C(O)C1(O)OCC32C(O)CCC(C)(C)C12. The van der Waals surface area contributed by atoms with E-state index in [9.17, 15) is 40.9 Å². The molecule has 2 saturated heterocycles. The van der Waals surface area contributed by atoms with Gasteiger partial charge in [-0.25, -0.2) is 0 Å². The number of ether oxygens (including phenoxy) is 3. The molecule has 15 atom stereocenters. The zero-order valence-electron chi connectivity index (χ0n) is 21.2. The van der Waals surface area contributed by atoms with Crippen LogP contribution in [0.5, 0.6) is 0 Å². The standard InChI is InChI=1S/C26H40O11/c1-10-11-6-12(36-20-17(31)16(30)15(29)13(8-27)37-20)18-24(7-11,19(10)32)22(33)26(34)21-23(2,3)5-4-14(28)25(18,21)9-35-26/h11-22,27-34H,1,4-9H2,2-3H3. The minimum Gasteiger partial charge on any atom is -0.394 e. The van der Waals surface area contributed by atoms with Crippen LogP contribution in [0.15, 0.2) is 12.2 Å². The molecule has 210 valence electrons. The normalized spacial score (nSPS) is 60.2. The summed E-state index contributed by atoms with van der Waals surface area (Å²) in [6.07, 6.45) is -10.1. The van der Waals surface area contributed by atoms with E-state index in [1.54, 1.807) is 0 Å². The van der Waals surface area contributed by atoms with E-state index >= 15 is 0 Å². The summed E-state index contributed by atoms with van der Waals surface area (Å²) in [5.74, 6) is -3.68. The summed E-state index contributed by atoms with van der Waals surface area (Å²) in [6.45, 7) is 7.39. The summed E-state index contributed by atoms with van der Waals surface area (Å²) >= 11 is 0. The summed E-state index contributed by atoms with van der Waals surface area (Å²) in [4.78, 5) is 0. The quantitative estimate of drug-likeness (QED) is 0.189. The van der Waals surface area contributed by atoms with E-state index in [2.05, 4.69) is 6.58 Å². The summed E-state index contributed by atoms with van der Waals surface area (Å²) in [5.41, 5.74) is -2.45. The predicted molar refractivity (Wildman–Crippen MR) is 124 cm³/mol. The average Bonchev–Trinajstić information content (AvgIpc) is 3.26. The smallest absolute Gasteiger partial charge is 0.196 e. The zero-order chi connectivity index (χ0) is 26.9. The largest absolute Gasteiger partial charge is 0.394 e. The van der Waals surface area contributed by atoms with Gasteiger partial charge in [-0.15, -0.1) is 0 Å². The molecule has 1 spiro atoms. The fourth-order valence-electron chi connectivity index (χ4n) is 9.68. The summed E-state index contributed by atoms with van der Waals surface area (Å²) < 4.78 is 18.1. The lowest BCUT2D eigenvalue weighted by atomic mass is 9.38. The lowest BCUT2D eigenvalue weighted by Crippen LogP contribution is -2.77. The Morgan fingerprint density at radius 2 is 1.73 bits per heavy atom. The summed E-state index contributed by atoms with van der Waals surface area (Å²) in [5, 5.41) is 88.0. The van der Waals surface area contributed by atoms with Crippen molar-refractivity contribution in [3.63, 3.8) is 0 Å². The molecule has 0 radical (unpaired) electrons. The van der Waals surface area contributed by atoms with E-state index in [0.29, 0.717) is 31.3 Å². The zero-order valence-corrected chi connectivity index (χ0v) is 21.2. The molecule has 4 bridgehead atoms.